The normalized spacial score (nSPS) is 23.2. The van der Waals surface area contributed by atoms with Crippen LogP contribution in [0.2, 0.25) is 0 Å². The van der Waals surface area contributed by atoms with Crippen LogP contribution in [-0.4, -0.2) is 47.0 Å². The van der Waals surface area contributed by atoms with Crippen molar-refractivity contribution in [1.29, 1.82) is 0 Å². The van der Waals surface area contributed by atoms with Crippen molar-refractivity contribution in [1.82, 2.24) is 10.2 Å². The van der Waals surface area contributed by atoms with E-state index in [0.29, 0.717) is 13.2 Å². The summed E-state index contributed by atoms with van der Waals surface area (Å²) in [7, 11) is 0. The van der Waals surface area contributed by atoms with Gasteiger partial charge in [-0.2, -0.15) is 0 Å². The lowest BCUT2D eigenvalue weighted by Crippen LogP contribution is -2.70. The number of carbonyl (C=O) groups excluding carboxylic acids is 2. The van der Waals surface area contributed by atoms with Gasteiger partial charge in [-0.15, -0.1) is 0 Å². The molecular weight excluding hydrogens is 256 g/mol. The predicted molar refractivity (Wildman–Crippen MR) is 78.3 cm³/mol. The molecule has 0 bridgehead atoms. The van der Waals surface area contributed by atoms with Gasteiger partial charge in [0.1, 0.15) is 11.6 Å². The van der Waals surface area contributed by atoms with Crippen LogP contribution in [0.5, 0.6) is 0 Å². The molecule has 1 aliphatic rings. The molecule has 1 N–H and O–H groups in total. The first-order chi connectivity index (χ1) is 9.02. The van der Waals surface area contributed by atoms with Gasteiger partial charge in [-0.3, -0.25) is 9.59 Å². The van der Waals surface area contributed by atoms with E-state index in [2.05, 4.69) is 5.32 Å². The monoisotopic (exact) mass is 284 g/mol. The van der Waals surface area contributed by atoms with Crippen molar-refractivity contribution in [3.8, 4) is 0 Å². The minimum atomic E-state index is -0.856. The third-order valence-corrected chi connectivity index (χ3v) is 3.55. The van der Waals surface area contributed by atoms with Crippen LogP contribution in [0.15, 0.2) is 0 Å². The van der Waals surface area contributed by atoms with E-state index in [1.807, 2.05) is 34.6 Å². The van der Waals surface area contributed by atoms with E-state index in [9.17, 15) is 9.59 Å². The van der Waals surface area contributed by atoms with Gasteiger partial charge >= 0.3 is 0 Å². The van der Waals surface area contributed by atoms with Crippen LogP contribution in [0.25, 0.3) is 0 Å². The molecule has 1 saturated heterocycles. The third-order valence-electron chi connectivity index (χ3n) is 3.55. The molecule has 1 rings (SSSR count). The first kappa shape index (κ1) is 17.0. The first-order valence-electron chi connectivity index (χ1n) is 7.29. The summed E-state index contributed by atoms with van der Waals surface area (Å²) in [5.41, 5.74) is -1.32. The van der Waals surface area contributed by atoms with E-state index in [1.54, 1.807) is 18.7 Å². The fourth-order valence-corrected chi connectivity index (χ4v) is 2.74. The van der Waals surface area contributed by atoms with Crippen LogP contribution in [0.3, 0.4) is 0 Å². The Morgan fingerprint density at radius 3 is 2.35 bits per heavy atom. The Morgan fingerprint density at radius 1 is 1.35 bits per heavy atom. The summed E-state index contributed by atoms with van der Waals surface area (Å²) >= 11 is 0. The summed E-state index contributed by atoms with van der Waals surface area (Å²) in [4.78, 5) is 26.6. The fourth-order valence-electron chi connectivity index (χ4n) is 2.74. The number of carbonyl (C=O) groups is 2. The zero-order valence-electron chi connectivity index (χ0n) is 13.7. The highest BCUT2D eigenvalue weighted by atomic mass is 16.5. The molecule has 1 fully saturated rings. The van der Waals surface area contributed by atoms with Crippen molar-refractivity contribution in [3.63, 3.8) is 0 Å². The van der Waals surface area contributed by atoms with Crippen molar-refractivity contribution < 1.29 is 14.3 Å². The number of hydrogen-bond acceptors (Lipinski definition) is 3. The van der Waals surface area contributed by atoms with Crippen LogP contribution in [0, 0.1) is 5.92 Å². The van der Waals surface area contributed by atoms with Gasteiger partial charge in [0.2, 0.25) is 11.8 Å². The lowest BCUT2D eigenvalue weighted by molar-refractivity contribution is -0.160. The second-order valence-corrected chi connectivity index (χ2v) is 6.93. The molecule has 116 valence electrons. The Hall–Kier alpha value is -1.10. The maximum Gasteiger partial charge on any atom is 0.248 e. The fraction of sp³-hybridized carbons (Fsp3) is 0.867. The molecule has 1 unspecified atom stereocenters. The summed E-state index contributed by atoms with van der Waals surface area (Å²) in [5.74, 6) is -0.0760. The molecule has 0 spiro atoms. The molecular formula is C15H28N2O3. The molecule has 0 saturated carbocycles. The number of amides is 2. The quantitative estimate of drug-likeness (QED) is 0.833. The molecule has 5 heteroatoms. The molecule has 0 aromatic carbocycles. The third kappa shape index (κ3) is 3.51. The van der Waals surface area contributed by atoms with Crippen LogP contribution >= 0.6 is 0 Å². The highest BCUT2D eigenvalue weighted by molar-refractivity contribution is 5.99. The van der Waals surface area contributed by atoms with Gasteiger partial charge in [-0.05, 0) is 40.5 Å². The zero-order valence-corrected chi connectivity index (χ0v) is 13.7. The number of piperazine rings is 1. The number of nitrogens with one attached hydrogen (secondary N) is 1. The Balaban J connectivity index is 3.07. The average molecular weight is 284 g/mol. The zero-order chi connectivity index (χ0) is 15.7. The predicted octanol–water partition coefficient (Wildman–Crippen LogP) is 1.56. The van der Waals surface area contributed by atoms with E-state index < -0.39 is 17.2 Å². The Bertz CT molecular complexity index is 389. The number of nitrogens with zero attached hydrogens (tertiary/aromatic N) is 1. The Labute approximate surface area is 122 Å². The van der Waals surface area contributed by atoms with Crippen molar-refractivity contribution in [2.24, 2.45) is 5.92 Å². The SMILES string of the molecule is CCOC(C)(C)CN1C(=O)C(C)(C)NC(=O)C1C(C)C. The van der Waals surface area contributed by atoms with Gasteiger partial charge in [0.15, 0.2) is 0 Å². The van der Waals surface area contributed by atoms with E-state index >= 15 is 0 Å². The smallest absolute Gasteiger partial charge is 0.248 e. The van der Waals surface area contributed by atoms with E-state index in [1.165, 1.54) is 0 Å². The summed E-state index contributed by atoms with van der Waals surface area (Å²) in [6.07, 6.45) is 0. The van der Waals surface area contributed by atoms with Crippen molar-refractivity contribution in [2.45, 2.75) is 65.6 Å². The first-order valence-corrected chi connectivity index (χ1v) is 7.29. The van der Waals surface area contributed by atoms with E-state index in [-0.39, 0.29) is 17.7 Å². The Morgan fingerprint density at radius 2 is 1.90 bits per heavy atom. The number of rotatable bonds is 5. The van der Waals surface area contributed by atoms with Crippen molar-refractivity contribution in [2.75, 3.05) is 13.2 Å². The average Bonchev–Trinajstić information content (AvgIpc) is 2.23. The largest absolute Gasteiger partial charge is 0.374 e. The number of hydrogen-bond donors (Lipinski definition) is 1. The molecule has 0 aromatic heterocycles. The molecule has 0 radical (unpaired) electrons. The summed E-state index contributed by atoms with van der Waals surface area (Å²) in [6.45, 7) is 14.2. The van der Waals surface area contributed by atoms with Gasteiger partial charge < -0.3 is 15.0 Å². The van der Waals surface area contributed by atoms with Crippen LogP contribution in [0.4, 0.5) is 0 Å². The van der Waals surface area contributed by atoms with E-state index in [4.69, 9.17) is 4.74 Å². The molecule has 1 aliphatic heterocycles. The highest BCUT2D eigenvalue weighted by Crippen LogP contribution is 2.25. The summed E-state index contributed by atoms with van der Waals surface area (Å²) in [6, 6.07) is -0.435. The molecule has 1 heterocycles. The van der Waals surface area contributed by atoms with Crippen LogP contribution in [0.1, 0.15) is 48.5 Å². The standard InChI is InChI=1S/C15H28N2O3/c1-8-20-14(4,5)9-17-11(10(2)3)12(18)16-15(6,7)13(17)19/h10-11H,8-9H2,1-7H3,(H,16,18). The minimum absolute atomic E-state index is 0.0522. The second kappa shape index (κ2) is 5.72. The Kier molecular flexibility index (Phi) is 4.85. The maximum absolute atomic E-state index is 12.6. The van der Waals surface area contributed by atoms with Gasteiger partial charge in [0.05, 0.1) is 12.1 Å². The summed E-state index contributed by atoms with van der Waals surface area (Å²) < 4.78 is 5.69. The summed E-state index contributed by atoms with van der Waals surface area (Å²) in [5, 5.41) is 2.81. The second-order valence-electron chi connectivity index (χ2n) is 6.93. The van der Waals surface area contributed by atoms with Gasteiger partial charge in [0, 0.05) is 6.61 Å². The van der Waals surface area contributed by atoms with Gasteiger partial charge in [-0.1, -0.05) is 13.8 Å². The molecule has 5 nitrogen and oxygen atoms in total. The van der Waals surface area contributed by atoms with Gasteiger partial charge in [-0.25, -0.2) is 0 Å². The van der Waals surface area contributed by atoms with Crippen LogP contribution < -0.4 is 5.32 Å². The molecule has 2 amide bonds. The minimum Gasteiger partial charge on any atom is -0.374 e. The van der Waals surface area contributed by atoms with Crippen molar-refractivity contribution >= 4 is 11.8 Å². The highest BCUT2D eigenvalue weighted by Gasteiger charge is 2.47. The van der Waals surface area contributed by atoms with Crippen molar-refractivity contribution in [3.05, 3.63) is 0 Å². The van der Waals surface area contributed by atoms with E-state index in [0.717, 1.165) is 0 Å². The van der Waals surface area contributed by atoms with Crippen LogP contribution in [-0.2, 0) is 14.3 Å². The molecule has 0 aromatic rings. The molecule has 1 atom stereocenters. The topological polar surface area (TPSA) is 58.6 Å². The number of ether oxygens (including phenoxy) is 1. The lowest BCUT2D eigenvalue weighted by Gasteiger charge is -2.46. The lowest BCUT2D eigenvalue weighted by atomic mass is 9.90. The molecule has 20 heavy (non-hydrogen) atoms. The maximum atomic E-state index is 12.6. The molecule has 0 aliphatic carbocycles. The van der Waals surface area contributed by atoms with Gasteiger partial charge in [0.25, 0.3) is 0 Å².